The van der Waals surface area contributed by atoms with Crippen molar-refractivity contribution >= 4 is 38.7 Å². The average Bonchev–Trinajstić information content (AvgIpc) is 2.77. The summed E-state index contributed by atoms with van der Waals surface area (Å²) in [7, 11) is 0. The second kappa shape index (κ2) is 9.00. The van der Waals surface area contributed by atoms with Gasteiger partial charge in [0.05, 0.1) is 17.0 Å². The van der Waals surface area contributed by atoms with Crippen LogP contribution in [-0.2, 0) is 17.9 Å². The van der Waals surface area contributed by atoms with E-state index in [9.17, 15) is 9.59 Å². The number of para-hydroxylation sites is 2. The Balaban J connectivity index is 1.52. The molecule has 156 valence electrons. The summed E-state index contributed by atoms with van der Waals surface area (Å²) in [5.41, 5.74) is 2.60. The summed E-state index contributed by atoms with van der Waals surface area (Å²) in [5, 5.41) is 3.04. The molecule has 0 spiro atoms. The number of carbonyl (C=O) groups excluding carboxylic acids is 1. The lowest BCUT2D eigenvalue weighted by molar-refractivity contribution is -0.125. The first-order chi connectivity index (χ1) is 14.6. The normalized spacial score (nSPS) is 16.6. The number of halogens is 1. The first-order valence-corrected chi connectivity index (χ1v) is 11.1. The maximum atomic E-state index is 13.1. The van der Waals surface area contributed by atoms with E-state index in [4.69, 9.17) is 0 Å². The molecule has 1 amide bonds. The third-order valence-electron chi connectivity index (χ3n) is 5.60. The van der Waals surface area contributed by atoms with Crippen LogP contribution in [0.15, 0.2) is 57.8 Å². The number of carbonyl (C=O) groups is 1. The first-order valence-electron chi connectivity index (χ1n) is 10.3. The lowest BCUT2D eigenvalue weighted by Gasteiger charge is -2.32. The molecule has 0 saturated carbocycles. The molecule has 2 aromatic carbocycles. The van der Waals surface area contributed by atoms with Crippen molar-refractivity contribution in [1.29, 1.82) is 0 Å². The summed E-state index contributed by atoms with van der Waals surface area (Å²) in [6, 6.07) is 15.6. The second-order valence-corrected chi connectivity index (χ2v) is 8.52. The van der Waals surface area contributed by atoms with Crippen molar-refractivity contribution in [3.8, 4) is 0 Å². The Morgan fingerprint density at radius 2 is 2.07 bits per heavy atom. The number of nitrogens with one attached hydrogen (secondary N) is 1. The van der Waals surface area contributed by atoms with Crippen molar-refractivity contribution in [2.75, 3.05) is 18.0 Å². The molecular weight excluding hydrogens is 444 g/mol. The van der Waals surface area contributed by atoms with Gasteiger partial charge in [-0.3, -0.25) is 9.59 Å². The lowest BCUT2D eigenvalue weighted by Crippen LogP contribution is -2.45. The van der Waals surface area contributed by atoms with E-state index in [1.807, 2.05) is 60.4 Å². The fraction of sp³-hybridized carbons (Fsp3) is 0.348. The number of hydrogen-bond donors (Lipinski definition) is 1. The second-order valence-electron chi connectivity index (χ2n) is 7.61. The third-order valence-corrected chi connectivity index (χ3v) is 6.09. The van der Waals surface area contributed by atoms with Gasteiger partial charge in [-0.05, 0) is 49.6 Å². The summed E-state index contributed by atoms with van der Waals surface area (Å²) in [6.07, 6.45) is 1.67. The van der Waals surface area contributed by atoms with Gasteiger partial charge in [0, 0.05) is 30.7 Å². The first kappa shape index (κ1) is 20.6. The highest BCUT2D eigenvalue weighted by molar-refractivity contribution is 9.10. The third kappa shape index (κ3) is 4.26. The van der Waals surface area contributed by atoms with E-state index in [1.165, 1.54) is 0 Å². The molecule has 1 atom stereocenters. The highest BCUT2D eigenvalue weighted by atomic mass is 79.9. The molecule has 0 bridgehead atoms. The summed E-state index contributed by atoms with van der Waals surface area (Å²) in [4.78, 5) is 32.5. The average molecular weight is 469 g/mol. The topological polar surface area (TPSA) is 67.2 Å². The number of benzene rings is 2. The van der Waals surface area contributed by atoms with Crippen LogP contribution in [0, 0.1) is 5.92 Å². The van der Waals surface area contributed by atoms with Gasteiger partial charge < -0.3 is 14.8 Å². The summed E-state index contributed by atoms with van der Waals surface area (Å²) >= 11 is 3.46. The maximum Gasteiger partial charge on any atom is 0.293 e. The Bertz CT molecular complexity index is 1130. The number of aromatic nitrogens is 2. The van der Waals surface area contributed by atoms with Gasteiger partial charge in [-0.25, -0.2) is 4.98 Å². The lowest BCUT2D eigenvalue weighted by atomic mass is 9.97. The number of aryl methyl sites for hydroxylation is 1. The molecule has 1 aliphatic heterocycles. The molecule has 7 heteroatoms. The Labute approximate surface area is 184 Å². The molecule has 3 aromatic rings. The molecule has 0 aliphatic carbocycles. The van der Waals surface area contributed by atoms with Crippen molar-refractivity contribution in [2.45, 2.75) is 32.9 Å². The molecular formula is C23H25BrN4O2. The predicted molar refractivity (Wildman–Crippen MR) is 123 cm³/mol. The number of fused-ring (bicyclic) bond motifs is 1. The maximum absolute atomic E-state index is 13.1. The summed E-state index contributed by atoms with van der Waals surface area (Å²) in [6.45, 7) is 4.28. The standard InChI is InChI=1S/C23H25BrN4O2/c1-2-28-20-11-4-3-10-19(20)26-21(23(28)30)27-12-6-8-17(15-27)22(29)25-14-16-7-5-9-18(24)13-16/h3-5,7,9-11,13,17H,2,6,8,12,14-15H2,1H3,(H,25,29)/t17-/m1/s1. The summed E-state index contributed by atoms with van der Waals surface area (Å²) in [5.74, 6) is 0.310. The van der Waals surface area contributed by atoms with Crippen molar-refractivity contribution in [2.24, 2.45) is 5.92 Å². The Morgan fingerprint density at radius 1 is 1.23 bits per heavy atom. The highest BCUT2D eigenvalue weighted by Gasteiger charge is 2.28. The largest absolute Gasteiger partial charge is 0.352 e. The van der Waals surface area contributed by atoms with E-state index >= 15 is 0 Å². The van der Waals surface area contributed by atoms with Gasteiger partial charge in [0.25, 0.3) is 5.56 Å². The quantitative estimate of drug-likeness (QED) is 0.619. The van der Waals surface area contributed by atoms with Gasteiger partial charge in [0.15, 0.2) is 5.82 Å². The number of nitrogens with zero attached hydrogens (tertiary/aromatic N) is 3. The molecule has 0 unspecified atom stereocenters. The fourth-order valence-electron chi connectivity index (χ4n) is 4.06. The fourth-order valence-corrected chi connectivity index (χ4v) is 4.51. The molecule has 1 fully saturated rings. The van der Waals surface area contributed by atoms with Crippen LogP contribution in [0.4, 0.5) is 5.82 Å². The van der Waals surface area contributed by atoms with Crippen LogP contribution in [0.3, 0.4) is 0 Å². The van der Waals surface area contributed by atoms with Crippen molar-refractivity contribution in [3.63, 3.8) is 0 Å². The molecule has 1 aliphatic rings. The molecule has 4 rings (SSSR count). The Morgan fingerprint density at radius 3 is 2.87 bits per heavy atom. The van der Waals surface area contributed by atoms with Crippen molar-refractivity contribution in [1.82, 2.24) is 14.9 Å². The van der Waals surface area contributed by atoms with Crippen LogP contribution in [0.2, 0.25) is 0 Å². The minimum absolute atomic E-state index is 0.0243. The van der Waals surface area contributed by atoms with Gasteiger partial charge in [0.1, 0.15) is 0 Å². The smallest absolute Gasteiger partial charge is 0.293 e. The van der Waals surface area contributed by atoms with Gasteiger partial charge in [-0.1, -0.05) is 40.2 Å². The number of hydrogen-bond acceptors (Lipinski definition) is 4. The van der Waals surface area contributed by atoms with E-state index in [0.717, 1.165) is 40.5 Å². The van der Waals surface area contributed by atoms with Gasteiger partial charge >= 0.3 is 0 Å². The Hall–Kier alpha value is -2.67. The minimum Gasteiger partial charge on any atom is -0.352 e. The van der Waals surface area contributed by atoms with Gasteiger partial charge in [-0.2, -0.15) is 0 Å². The summed E-state index contributed by atoms with van der Waals surface area (Å²) < 4.78 is 2.75. The number of amides is 1. The molecule has 0 radical (unpaired) electrons. The monoisotopic (exact) mass is 468 g/mol. The van der Waals surface area contributed by atoms with Crippen LogP contribution in [0.1, 0.15) is 25.3 Å². The molecule has 30 heavy (non-hydrogen) atoms. The minimum atomic E-state index is -0.159. The van der Waals surface area contributed by atoms with Crippen molar-refractivity contribution in [3.05, 3.63) is 68.9 Å². The molecule has 1 N–H and O–H groups in total. The Kier molecular flexibility index (Phi) is 6.18. The molecule has 1 aromatic heterocycles. The van der Waals surface area contributed by atoms with Crippen LogP contribution < -0.4 is 15.8 Å². The van der Waals surface area contributed by atoms with Crippen LogP contribution in [0.5, 0.6) is 0 Å². The van der Waals surface area contributed by atoms with E-state index < -0.39 is 0 Å². The number of piperidine rings is 1. The van der Waals surface area contributed by atoms with Gasteiger partial charge in [0.2, 0.25) is 5.91 Å². The zero-order chi connectivity index (χ0) is 21.1. The van der Waals surface area contributed by atoms with Crippen LogP contribution in [-0.4, -0.2) is 28.5 Å². The van der Waals surface area contributed by atoms with Crippen LogP contribution in [0.25, 0.3) is 11.0 Å². The van der Waals surface area contributed by atoms with Crippen molar-refractivity contribution < 1.29 is 4.79 Å². The van der Waals surface area contributed by atoms with E-state index in [1.54, 1.807) is 4.57 Å². The SMILES string of the molecule is CCn1c(=O)c(N2CCC[C@@H](C(=O)NCc3cccc(Br)c3)C2)nc2ccccc21. The molecule has 2 heterocycles. The number of anilines is 1. The zero-order valence-corrected chi connectivity index (χ0v) is 18.6. The predicted octanol–water partition coefficient (Wildman–Crippen LogP) is 3.71. The van der Waals surface area contributed by atoms with Crippen LogP contribution >= 0.6 is 15.9 Å². The highest BCUT2D eigenvalue weighted by Crippen LogP contribution is 2.22. The van der Waals surface area contributed by atoms with E-state index in [-0.39, 0.29) is 17.4 Å². The van der Waals surface area contributed by atoms with Gasteiger partial charge in [-0.15, -0.1) is 0 Å². The van der Waals surface area contributed by atoms with E-state index in [0.29, 0.717) is 25.5 Å². The molecule has 1 saturated heterocycles. The van der Waals surface area contributed by atoms with E-state index in [2.05, 4.69) is 26.2 Å². The zero-order valence-electron chi connectivity index (χ0n) is 17.0. The number of rotatable bonds is 5. The molecule has 6 nitrogen and oxygen atoms in total.